The fraction of sp³-hybridized carbons (Fsp3) is 0.267. The van der Waals surface area contributed by atoms with Crippen LogP contribution in [0, 0.1) is 20.8 Å². The minimum atomic E-state index is -0.374. The van der Waals surface area contributed by atoms with Crippen LogP contribution in [-0.4, -0.2) is 13.1 Å². The highest BCUT2D eigenvalue weighted by Crippen LogP contribution is 2.38. The maximum Gasteiger partial charge on any atom is 0.350 e. The zero-order chi connectivity index (χ0) is 14.2. The van der Waals surface area contributed by atoms with E-state index in [4.69, 9.17) is 10.5 Å². The number of hydrogen-bond acceptors (Lipinski definition) is 4. The number of rotatable bonds is 2. The number of anilines is 1. The van der Waals surface area contributed by atoms with Gasteiger partial charge < -0.3 is 10.5 Å². The molecule has 0 unspecified atom stereocenters. The van der Waals surface area contributed by atoms with Crippen molar-refractivity contribution in [1.82, 2.24) is 0 Å². The van der Waals surface area contributed by atoms with Crippen LogP contribution in [0.25, 0.3) is 10.4 Å². The van der Waals surface area contributed by atoms with Gasteiger partial charge in [0, 0.05) is 4.88 Å². The highest BCUT2D eigenvalue weighted by Gasteiger charge is 2.19. The van der Waals surface area contributed by atoms with Gasteiger partial charge in [-0.05, 0) is 43.0 Å². The first kappa shape index (κ1) is 13.6. The van der Waals surface area contributed by atoms with Crippen LogP contribution in [0.2, 0.25) is 0 Å². The van der Waals surface area contributed by atoms with E-state index in [0.717, 1.165) is 16.0 Å². The smallest absolute Gasteiger partial charge is 0.350 e. The van der Waals surface area contributed by atoms with Gasteiger partial charge in [0.2, 0.25) is 0 Å². The Balaban J connectivity index is 2.57. The van der Waals surface area contributed by atoms with Crippen LogP contribution in [-0.2, 0) is 4.74 Å². The molecule has 1 aromatic carbocycles. The number of carbonyl (C=O) groups is 1. The van der Waals surface area contributed by atoms with Gasteiger partial charge in [-0.25, -0.2) is 4.79 Å². The third kappa shape index (κ3) is 2.36. The fourth-order valence-electron chi connectivity index (χ4n) is 1.93. The SMILES string of the molecule is COC(=O)c1sc(-c2ccc(C)c(C)c2)c(C)c1N. The summed E-state index contributed by atoms with van der Waals surface area (Å²) in [5.74, 6) is -0.374. The lowest BCUT2D eigenvalue weighted by Gasteiger charge is -2.04. The van der Waals surface area contributed by atoms with Crippen molar-refractivity contribution in [2.45, 2.75) is 20.8 Å². The third-order valence-electron chi connectivity index (χ3n) is 3.33. The van der Waals surface area contributed by atoms with Crippen LogP contribution in [0.5, 0.6) is 0 Å². The van der Waals surface area contributed by atoms with E-state index < -0.39 is 0 Å². The van der Waals surface area contributed by atoms with Gasteiger partial charge in [0.15, 0.2) is 0 Å². The molecule has 0 bridgehead atoms. The molecule has 0 aliphatic carbocycles. The minimum Gasteiger partial charge on any atom is -0.465 e. The molecule has 0 fully saturated rings. The molecule has 2 N–H and O–H groups in total. The quantitative estimate of drug-likeness (QED) is 0.850. The van der Waals surface area contributed by atoms with Crippen LogP contribution in [0.1, 0.15) is 26.4 Å². The maximum atomic E-state index is 11.7. The number of esters is 1. The number of nitrogen functional groups attached to an aromatic ring is 1. The lowest BCUT2D eigenvalue weighted by atomic mass is 10.0. The Morgan fingerprint density at radius 1 is 1.21 bits per heavy atom. The van der Waals surface area contributed by atoms with Crippen molar-refractivity contribution in [3.63, 3.8) is 0 Å². The first-order valence-electron chi connectivity index (χ1n) is 6.00. The number of aryl methyl sites for hydroxylation is 2. The molecule has 0 atom stereocenters. The van der Waals surface area contributed by atoms with Crippen molar-refractivity contribution in [2.24, 2.45) is 0 Å². The van der Waals surface area contributed by atoms with Crippen LogP contribution >= 0.6 is 11.3 Å². The molecule has 100 valence electrons. The van der Waals surface area contributed by atoms with Gasteiger partial charge >= 0.3 is 5.97 Å². The minimum absolute atomic E-state index is 0.374. The van der Waals surface area contributed by atoms with E-state index in [-0.39, 0.29) is 5.97 Å². The van der Waals surface area contributed by atoms with Crippen molar-refractivity contribution in [2.75, 3.05) is 12.8 Å². The predicted molar refractivity (Wildman–Crippen MR) is 79.7 cm³/mol. The number of benzene rings is 1. The van der Waals surface area contributed by atoms with E-state index in [9.17, 15) is 4.79 Å². The van der Waals surface area contributed by atoms with E-state index in [1.165, 1.54) is 29.6 Å². The Kier molecular flexibility index (Phi) is 3.62. The summed E-state index contributed by atoms with van der Waals surface area (Å²) >= 11 is 1.39. The van der Waals surface area contributed by atoms with Crippen molar-refractivity contribution in [1.29, 1.82) is 0 Å². The molecule has 3 nitrogen and oxygen atoms in total. The summed E-state index contributed by atoms with van der Waals surface area (Å²) < 4.78 is 4.76. The highest BCUT2D eigenvalue weighted by atomic mass is 32.1. The molecule has 0 aliphatic rings. The van der Waals surface area contributed by atoms with Gasteiger partial charge in [-0.3, -0.25) is 0 Å². The standard InChI is InChI=1S/C15H17NO2S/c1-8-5-6-11(7-9(8)2)13-10(3)12(16)14(19-13)15(17)18-4/h5-7H,16H2,1-4H3. The molecular weight excluding hydrogens is 258 g/mol. The average molecular weight is 275 g/mol. The molecule has 0 saturated carbocycles. The summed E-state index contributed by atoms with van der Waals surface area (Å²) in [4.78, 5) is 13.2. The molecule has 4 heteroatoms. The van der Waals surface area contributed by atoms with Crippen molar-refractivity contribution in [3.05, 3.63) is 39.8 Å². The van der Waals surface area contributed by atoms with E-state index in [2.05, 4.69) is 32.0 Å². The summed E-state index contributed by atoms with van der Waals surface area (Å²) in [5, 5.41) is 0. The molecular formula is C15H17NO2S. The van der Waals surface area contributed by atoms with E-state index in [1.807, 2.05) is 6.92 Å². The van der Waals surface area contributed by atoms with Gasteiger partial charge in [0.05, 0.1) is 12.8 Å². The average Bonchev–Trinajstić information content (AvgIpc) is 2.69. The van der Waals surface area contributed by atoms with Crippen molar-refractivity contribution < 1.29 is 9.53 Å². The Bertz CT molecular complexity index is 644. The molecule has 2 aromatic rings. The second-order valence-electron chi connectivity index (χ2n) is 4.59. The molecule has 2 rings (SSSR count). The van der Waals surface area contributed by atoms with Crippen molar-refractivity contribution >= 4 is 23.0 Å². The summed E-state index contributed by atoms with van der Waals surface area (Å²) in [5.41, 5.74) is 11.0. The topological polar surface area (TPSA) is 52.3 Å². The molecule has 0 saturated heterocycles. The van der Waals surface area contributed by atoms with Gasteiger partial charge in [-0.2, -0.15) is 0 Å². The second-order valence-corrected chi connectivity index (χ2v) is 5.61. The molecule has 0 aliphatic heterocycles. The Morgan fingerprint density at radius 2 is 1.89 bits per heavy atom. The second kappa shape index (κ2) is 5.05. The lowest BCUT2D eigenvalue weighted by molar-refractivity contribution is 0.0607. The molecule has 0 amide bonds. The van der Waals surface area contributed by atoms with E-state index >= 15 is 0 Å². The molecule has 1 aromatic heterocycles. The monoisotopic (exact) mass is 275 g/mol. The lowest BCUT2D eigenvalue weighted by Crippen LogP contribution is -2.01. The van der Waals surface area contributed by atoms with Crippen LogP contribution in [0.15, 0.2) is 18.2 Å². The van der Waals surface area contributed by atoms with E-state index in [1.54, 1.807) is 0 Å². The van der Waals surface area contributed by atoms with Crippen LogP contribution in [0.3, 0.4) is 0 Å². The van der Waals surface area contributed by atoms with Gasteiger partial charge in [0.25, 0.3) is 0 Å². The number of hydrogen-bond donors (Lipinski definition) is 1. The van der Waals surface area contributed by atoms with Gasteiger partial charge in [-0.15, -0.1) is 11.3 Å². The summed E-state index contributed by atoms with van der Waals surface area (Å²) in [6.45, 7) is 6.09. The molecule has 0 spiro atoms. The largest absolute Gasteiger partial charge is 0.465 e. The van der Waals surface area contributed by atoms with Crippen LogP contribution < -0.4 is 5.73 Å². The summed E-state index contributed by atoms with van der Waals surface area (Å²) in [7, 11) is 1.37. The molecule has 0 radical (unpaired) electrons. The number of nitrogens with two attached hydrogens (primary N) is 1. The fourth-order valence-corrected chi connectivity index (χ4v) is 3.07. The first-order chi connectivity index (χ1) is 8.95. The number of thiophene rings is 1. The number of ether oxygens (including phenoxy) is 1. The molecule has 1 heterocycles. The number of methoxy groups -OCH3 is 1. The molecule has 19 heavy (non-hydrogen) atoms. The predicted octanol–water partition coefficient (Wildman–Crippen LogP) is 3.71. The van der Waals surface area contributed by atoms with Crippen LogP contribution in [0.4, 0.5) is 5.69 Å². The maximum absolute atomic E-state index is 11.7. The third-order valence-corrected chi connectivity index (χ3v) is 4.67. The Hall–Kier alpha value is -1.81. The van der Waals surface area contributed by atoms with Gasteiger partial charge in [-0.1, -0.05) is 18.2 Å². The van der Waals surface area contributed by atoms with Crippen molar-refractivity contribution in [3.8, 4) is 10.4 Å². The normalized spacial score (nSPS) is 10.5. The zero-order valence-electron chi connectivity index (χ0n) is 11.5. The van der Waals surface area contributed by atoms with E-state index in [0.29, 0.717) is 10.6 Å². The summed E-state index contributed by atoms with van der Waals surface area (Å²) in [6, 6.07) is 6.26. The highest BCUT2D eigenvalue weighted by molar-refractivity contribution is 7.18. The Labute approximate surface area is 117 Å². The zero-order valence-corrected chi connectivity index (χ0v) is 12.4. The summed E-state index contributed by atoms with van der Waals surface area (Å²) in [6.07, 6.45) is 0. The first-order valence-corrected chi connectivity index (χ1v) is 6.82. The Morgan fingerprint density at radius 3 is 2.47 bits per heavy atom. The van der Waals surface area contributed by atoms with Gasteiger partial charge in [0.1, 0.15) is 4.88 Å². The number of carbonyl (C=O) groups excluding carboxylic acids is 1.